The quantitative estimate of drug-likeness (QED) is 0.843. The van der Waals surface area contributed by atoms with Gasteiger partial charge in [-0.1, -0.05) is 25.4 Å². The van der Waals surface area contributed by atoms with Gasteiger partial charge in [0.25, 0.3) is 0 Å². The molecule has 0 heterocycles. The van der Waals surface area contributed by atoms with Gasteiger partial charge in [-0.25, -0.2) is 13.1 Å². The second-order valence-corrected chi connectivity index (χ2v) is 6.67. The summed E-state index contributed by atoms with van der Waals surface area (Å²) in [5.41, 5.74) is 0. The molecule has 19 heavy (non-hydrogen) atoms. The minimum Gasteiger partial charge on any atom is -0.481 e. The lowest BCUT2D eigenvalue weighted by Crippen LogP contribution is -2.40. The highest BCUT2D eigenvalue weighted by atomic mass is 35.5. The van der Waals surface area contributed by atoms with Crippen LogP contribution in [-0.2, 0) is 14.8 Å². The molecule has 0 radical (unpaired) electrons. The number of halogens is 1. The number of carboxylic acids is 1. The molecule has 5 nitrogen and oxygen atoms in total. The first kappa shape index (κ1) is 15.9. The predicted molar refractivity (Wildman–Crippen MR) is 72.7 cm³/mol. The number of nitrogens with one attached hydrogen (secondary N) is 1. The van der Waals surface area contributed by atoms with Gasteiger partial charge in [0.15, 0.2) is 0 Å². The molecule has 0 fully saturated rings. The summed E-state index contributed by atoms with van der Waals surface area (Å²) in [5.74, 6) is -1.17. The molecule has 7 heteroatoms. The van der Waals surface area contributed by atoms with Crippen molar-refractivity contribution >= 4 is 27.6 Å². The Balaban J connectivity index is 2.93. The standard InChI is InChI=1S/C12H16ClNO4S/c1-8(2)11(7-12(15)16)14-19(17,18)10-5-3-9(13)4-6-10/h3-6,8,11,14H,7H2,1-2H3,(H,15,16). The summed E-state index contributed by atoms with van der Waals surface area (Å²) in [7, 11) is -3.74. The zero-order valence-corrected chi connectivity index (χ0v) is 12.2. The SMILES string of the molecule is CC(C)C(CC(=O)O)NS(=O)(=O)c1ccc(Cl)cc1. The molecule has 1 unspecified atom stereocenters. The molecule has 106 valence electrons. The predicted octanol–water partition coefficient (Wildman–Crippen LogP) is 2.12. The average Bonchev–Trinajstić information content (AvgIpc) is 2.27. The van der Waals surface area contributed by atoms with E-state index in [1.807, 2.05) is 0 Å². The number of sulfonamides is 1. The van der Waals surface area contributed by atoms with E-state index in [0.29, 0.717) is 5.02 Å². The van der Waals surface area contributed by atoms with Crippen LogP contribution < -0.4 is 4.72 Å². The van der Waals surface area contributed by atoms with E-state index in [0.717, 1.165) is 0 Å². The van der Waals surface area contributed by atoms with Crippen LogP contribution in [0.2, 0.25) is 5.02 Å². The van der Waals surface area contributed by atoms with E-state index in [1.54, 1.807) is 13.8 Å². The molecule has 0 bridgehead atoms. The highest BCUT2D eigenvalue weighted by molar-refractivity contribution is 7.89. The first-order valence-corrected chi connectivity index (χ1v) is 7.58. The van der Waals surface area contributed by atoms with Crippen molar-refractivity contribution in [2.24, 2.45) is 5.92 Å². The van der Waals surface area contributed by atoms with E-state index < -0.39 is 22.0 Å². The van der Waals surface area contributed by atoms with Crippen LogP contribution >= 0.6 is 11.6 Å². The molecule has 0 saturated heterocycles. The zero-order valence-electron chi connectivity index (χ0n) is 10.6. The van der Waals surface area contributed by atoms with Gasteiger partial charge in [0.1, 0.15) is 0 Å². The summed E-state index contributed by atoms with van der Waals surface area (Å²) in [6.45, 7) is 3.52. The van der Waals surface area contributed by atoms with Crippen LogP contribution in [0.1, 0.15) is 20.3 Å². The summed E-state index contributed by atoms with van der Waals surface area (Å²) in [6.07, 6.45) is -0.259. The number of carboxylic acid groups (broad SMARTS) is 1. The second kappa shape index (κ2) is 6.36. The monoisotopic (exact) mass is 305 g/mol. The number of benzene rings is 1. The van der Waals surface area contributed by atoms with Crippen molar-refractivity contribution in [3.8, 4) is 0 Å². The maximum Gasteiger partial charge on any atom is 0.304 e. The van der Waals surface area contributed by atoms with E-state index in [1.165, 1.54) is 24.3 Å². The lowest BCUT2D eigenvalue weighted by atomic mass is 10.0. The largest absolute Gasteiger partial charge is 0.481 e. The van der Waals surface area contributed by atoms with Crippen molar-refractivity contribution in [1.29, 1.82) is 0 Å². The van der Waals surface area contributed by atoms with E-state index in [-0.39, 0.29) is 17.2 Å². The first-order chi connectivity index (χ1) is 8.72. The van der Waals surface area contributed by atoms with Crippen molar-refractivity contribution in [3.63, 3.8) is 0 Å². The Bertz CT molecular complexity index is 539. The van der Waals surface area contributed by atoms with Gasteiger partial charge in [-0.3, -0.25) is 4.79 Å². The number of rotatable bonds is 6. The Hall–Kier alpha value is -1.11. The number of hydrogen-bond donors (Lipinski definition) is 2. The molecule has 1 aromatic carbocycles. The zero-order chi connectivity index (χ0) is 14.6. The third kappa shape index (κ3) is 4.81. The topological polar surface area (TPSA) is 83.5 Å². The van der Waals surface area contributed by atoms with Crippen molar-refractivity contribution in [2.45, 2.75) is 31.2 Å². The van der Waals surface area contributed by atoms with Crippen molar-refractivity contribution in [3.05, 3.63) is 29.3 Å². The molecular weight excluding hydrogens is 290 g/mol. The summed E-state index contributed by atoms with van der Waals surface area (Å²) >= 11 is 5.69. The fraction of sp³-hybridized carbons (Fsp3) is 0.417. The summed E-state index contributed by atoms with van der Waals surface area (Å²) in [6, 6.07) is 5.04. The number of carbonyl (C=O) groups is 1. The van der Waals surface area contributed by atoms with Gasteiger partial charge in [0.2, 0.25) is 10.0 Å². The van der Waals surface area contributed by atoms with E-state index in [9.17, 15) is 13.2 Å². The molecule has 2 N–H and O–H groups in total. The van der Waals surface area contributed by atoms with E-state index >= 15 is 0 Å². The fourth-order valence-electron chi connectivity index (χ4n) is 1.48. The van der Waals surface area contributed by atoms with Crippen LogP contribution in [0.4, 0.5) is 0 Å². The molecule has 0 aliphatic heterocycles. The highest BCUT2D eigenvalue weighted by Crippen LogP contribution is 2.16. The second-order valence-electron chi connectivity index (χ2n) is 4.52. The summed E-state index contributed by atoms with van der Waals surface area (Å²) < 4.78 is 26.6. The molecule has 1 atom stereocenters. The van der Waals surface area contributed by atoms with Gasteiger partial charge in [-0.2, -0.15) is 0 Å². The highest BCUT2D eigenvalue weighted by Gasteiger charge is 2.24. The van der Waals surface area contributed by atoms with E-state index in [2.05, 4.69) is 4.72 Å². The molecule has 0 amide bonds. The van der Waals surface area contributed by atoms with Crippen molar-refractivity contribution in [2.75, 3.05) is 0 Å². The molecule has 0 aliphatic carbocycles. The first-order valence-electron chi connectivity index (χ1n) is 5.72. The molecule has 0 aromatic heterocycles. The number of aliphatic carboxylic acids is 1. The van der Waals surface area contributed by atoms with Gasteiger partial charge < -0.3 is 5.11 Å². The molecule has 1 aromatic rings. The average molecular weight is 306 g/mol. The molecule has 0 saturated carbocycles. The Kier molecular flexibility index (Phi) is 5.34. The maximum atomic E-state index is 12.1. The van der Waals surface area contributed by atoms with E-state index in [4.69, 9.17) is 16.7 Å². The normalized spacial score (nSPS) is 13.5. The van der Waals surface area contributed by atoms with Crippen LogP contribution in [0.3, 0.4) is 0 Å². The van der Waals surface area contributed by atoms with Gasteiger partial charge in [0, 0.05) is 11.1 Å². The van der Waals surface area contributed by atoms with Crippen LogP contribution in [0.25, 0.3) is 0 Å². The summed E-state index contributed by atoms with van der Waals surface area (Å²) in [4.78, 5) is 10.8. The van der Waals surface area contributed by atoms with Crippen LogP contribution in [0.5, 0.6) is 0 Å². The minimum atomic E-state index is -3.74. The van der Waals surface area contributed by atoms with Gasteiger partial charge in [0.05, 0.1) is 11.3 Å². The molecule has 0 aliphatic rings. The third-order valence-electron chi connectivity index (χ3n) is 2.63. The Morgan fingerprint density at radius 2 is 1.84 bits per heavy atom. The van der Waals surface area contributed by atoms with Crippen LogP contribution in [-0.4, -0.2) is 25.5 Å². The lowest BCUT2D eigenvalue weighted by molar-refractivity contribution is -0.137. The summed E-state index contributed by atoms with van der Waals surface area (Å²) in [5, 5.41) is 9.22. The Morgan fingerprint density at radius 1 is 1.32 bits per heavy atom. The third-order valence-corrected chi connectivity index (χ3v) is 4.39. The lowest BCUT2D eigenvalue weighted by Gasteiger charge is -2.20. The molecular formula is C12H16ClNO4S. The van der Waals surface area contributed by atoms with Gasteiger partial charge in [-0.05, 0) is 30.2 Å². The van der Waals surface area contributed by atoms with Crippen LogP contribution in [0, 0.1) is 5.92 Å². The Labute approximate surface area is 117 Å². The minimum absolute atomic E-state index is 0.0629. The van der Waals surface area contributed by atoms with Crippen LogP contribution in [0.15, 0.2) is 29.2 Å². The number of hydrogen-bond acceptors (Lipinski definition) is 3. The van der Waals surface area contributed by atoms with Crippen molar-refractivity contribution < 1.29 is 18.3 Å². The fourth-order valence-corrected chi connectivity index (χ4v) is 2.99. The Morgan fingerprint density at radius 3 is 2.26 bits per heavy atom. The molecule has 1 rings (SSSR count). The molecule has 0 spiro atoms. The maximum absolute atomic E-state index is 12.1. The smallest absolute Gasteiger partial charge is 0.304 e. The van der Waals surface area contributed by atoms with Gasteiger partial charge in [-0.15, -0.1) is 0 Å². The van der Waals surface area contributed by atoms with Gasteiger partial charge >= 0.3 is 5.97 Å². The van der Waals surface area contributed by atoms with Crippen molar-refractivity contribution in [1.82, 2.24) is 4.72 Å².